The molecule has 9 heteroatoms. The number of nitrogens with one attached hydrogen (secondary N) is 2. The number of hydrogen-bond donors (Lipinski definition) is 4. The van der Waals surface area contributed by atoms with Gasteiger partial charge in [-0.3, -0.25) is 15.0 Å². The Balaban J connectivity index is 1.62. The first kappa shape index (κ1) is 20.5. The molecule has 9 nitrogen and oxygen atoms in total. The van der Waals surface area contributed by atoms with Crippen molar-refractivity contribution in [2.45, 2.75) is 12.3 Å². The third-order valence-corrected chi connectivity index (χ3v) is 5.75. The molecule has 166 valence electrons. The molecule has 3 aromatic carbocycles. The predicted octanol–water partition coefficient (Wildman–Crippen LogP) is 3.51. The third kappa shape index (κ3) is 3.35. The second-order valence-electron chi connectivity index (χ2n) is 7.71. The molecule has 0 saturated carbocycles. The van der Waals surface area contributed by atoms with Gasteiger partial charge in [-0.1, -0.05) is 36.4 Å². The first-order valence-electron chi connectivity index (χ1n) is 10.2. The van der Waals surface area contributed by atoms with Crippen LogP contribution in [-0.4, -0.2) is 44.2 Å². The molecule has 2 heterocycles. The van der Waals surface area contributed by atoms with Crippen LogP contribution in [0.25, 0.3) is 11.0 Å². The molecule has 0 bridgehead atoms. The Morgan fingerprint density at radius 1 is 1.15 bits per heavy atom. The van der Waals surface area contributed by atoms with Gasteiger partial charge >= 0.3 is 6.09 Å². The highest BCUT2D eigenvalue weighted by molar-refractivity contribution is 6.00. The molecule has 1 unspecified atom stereocenters. The van der Waals surface area contributed by atoms with Crippen LogP contribution in [0.3, 0.4) is 0 Å². The number of anilines is 1. The molecule has 1 atom stereocenters. The van der Waals surface area contributed by atoms with E-state index in [-0.39, 0.29) is 18.4 Å². The first-order chi connectivity index (χ1) is 15.9. The number of benzene rings is 3. The molecule has 1 aromatic heterocycles. The van der Waals surface area contributed by atoms with Crippen LogP contribution in [0.15, 0.2) is 66.7 Å². The minimum Gasteiger partial charge on any atom is -0.497 e. The predicted molar refractivity (Wildman–Crippen MR) is 120 cm³/mol. The average Bonchev–Trinajstić information content (AvgIpc) is 3.31. The zero-order valence-electron chi connectivity index (χ0n) is 17.6. The fraction of sp³-hybridized carbons (Fsp3) is 0.125. The molecule has 0 saturated heterocycles. The molecule has 5 rings (SSSR count). The number of ether oxygens (including phenoxy) is 1. The lowest BCUT2D eigenvalue weighted by Gasteiger charge is -2.35. The van der Waals surface area contributed by atoms with Gasteiger partial charge in [0.25, 0.3) is 5.91 Å². The van der Waals surface area contributed by atoms with E-state index < -0.39 is 11.8 Å². The van der Waals surface area contributed by atoms with E-state index in [0.29, 0.717) is 33.5 Å². The molecule has 2 amide bonds. The number of methoxy groups -OCH3 is 1. The van der Waals surface area contributed by atoms with Crippen LogP contribution in [-0.2, 0) is 12.3 Å². The van der Waals surface area contributed by atoms with Crippen LogP contribution < -0.4 is 10.1 Å². The number of hydrogen-bond acceptors (Lipinski definition) is 5. The number of aromatic nitrogens is 2. The highest BCUT2D eigenvalue weighted by Gasteiger charge is 2.49. The Morgan fingerprint density at radius 3 is 2.76 bits per heavy atom. The second kappa shape index (κ2) is 7.64. The van der Waals surface area contributed by atoms with Crippen LogP contribution in [0.2, 0.25) is 0 Å². The van der Waals surface area contributed by atoms with Gasteiger partial charge in [0.1, 0.15) is 5.75 Å². The number of nitrogens with zero attached hydrogens (tertiary/aromatic N) is 2. The summed E-state index contributed by atoms with van der Waals surface area (Å²) < 4.78 is 5.30. The number of H-pyrrole nitrogens is 1. The summed E-state index contributed by atoms with van der Waals surface area (Å²) in [5, 5.41) is 23.2. The van der Waals surface area contributed by atoms with Crippen molar-refractivity contribution in [3.8, 4) is 5.75 Å². The summed E-state index contributed by atoms with van der Waals surface area (Å²) in [5.41, 5.74) is 1.43. The van der Waals surface area contributed by atoms with Crippen LogP contribution in [0.5, 0.6) is 5.75 Å². The lowest BCUT2D eigenvalue weighted by Crippen LogP contribution is -2.44. The SMILES string of the molecule is COc1cccc(CN2C(=O)c3ccccc3C2(O)c2ccc3nc(NC(=O)O)[nH]c3c2)c1. The standard InChI is InChI=1S/C24H20N4O5/c1-33-16-6-4-5-14(11-16)13-28-21(29)17-7-2-3-8-18(17)24(28,32)15-9-10-19-20(12-15)26-22(25-19)27-23(30)31/h2-12,32H,13H2,1H3,(H,30,31)(H2,25,26,27). The van der Waals surface area contributed by atoms with Gasteiger partial charge in [0.05, 0.1) is 18.1 Å². The minimum atomic E-state index is -1.74. The van der Waals surface area contributed by atoms with Crippen LogP contribution in [0.4, 0.5) is 10.7 Å². The molecule has 1 aliphatic rings. The zero-order chi connectivity index (χ0) is 23.2. The van der Waals surface area contributed by atoms with E-state index >= 15 is 0 Å². The molecule has 1 aliphatic heterocycles. The maximum atomic E-state index is 13.4. The van der Waals surface area contributed by atoms with Crippen molar-refractivity contribution in [3.63, 3.8) is 0 Å². The topological polar surface area (TPSA) is 128 Å². The Kier molecular flexibility index (Phi) is 4.75. The Bertz CT molecular complexity index is 1400. The lowest BCUT2D eigenvalue weighted by molar-refractivity contribution is -0.0542. The van der Waals surface area contributed by atoms with Gasteiger partial charge in [-0.25, -0.2) is 9.78 Å². The number of amides is 2. The Morgan fingerprint density at radius 2 is 1.97 bits per heavy atom. The van der Waals surface area contributed by atoms with Crippen LogP contribution in [0, 0.1) is 0 Å². The summed E-state index contributed by atoms with van der Waals surface area (Å²) in [5.74, 6) is 0.421. The molecule has 4 aromatic rings. The smallest absolute Gasteiger partial charge is 0.411 e. The monoisotopic (exact) mass is 444 g/mol. The van der Waals surface area contributed by atoms with Crippen molar-refractivity contribution in [2.75, 3.05) is 12.4 Å². The molecular formula is C24H20N4O5. The van der Waals surface area contributed by atoms with E-state index in [0.717, 1.165) is 5.56 Å². The third-order valence-electron chi connectivity index (χ3n) is 5.75. The van der Waals surface area contributed by atoms with Crippen molar-refractivity contribution in [2.24, 2.45) is 0 Å². The van der Waals surface area contributed by atoms with E-state index in [1.165, 1.54) is 4.90 Å². The van der Waals surface area contributed by atoms with Gasteiger partial charge in [-0.05, 0) is 35.9 Å². The molecular weight excluding hydrogens is 424 g/mol. The normalized spacial score (nSPS) is 17.3. The van der Waals surface area contributed by atoms with Crippen LogP contribution >= 0.6 is 0 Å². The molecule has 0 aliphatic carbocycles. The summed E-state index contributed by atoms with van der Waals surface area (Å²) in [6, 6.07) is 19.3. The largest absolute Gasteiger partial charge is 0.497 e. The van der Waals surface area contributed by atoms with Gasteiger partial charge in [0.15, 0.2) is 5.72 Å². The summed E-state index contributed by atoms with van der Waals surface area (Å²) in [4.78, 5) is 32.8. The number of fused-ring (bicyclic) bond motifs is 2. The first-order valence-corrected chi connectivity index (χ1v) is 10.2. The average molecular weight is 444 g/mol. The number of carboxylic acid groups (broad SMARTS) is 1. The second-order valence-corrected chi connectivity index (χ2v) is 7.71. The van der Waals surface area contributed by atoms with Gasteiger partial charge in [-0.15, -0.1) is 0 Å². The maximum absolute atomic E-state index is 13.4. The van der Waals surface area contributed by atoms with E-state index in [1.807, 2.05) is 24.3 Å². The number of aliphatic hydroxyl groups is 1. The highest BCUT2D eigenvalue weighted by Crippen LogP contribution is 2.43. The highest BCUT2D eigenvalue weighted by atomic mass is 16.5. The van der Waals surface area contributed by atoms with Crippen molar-refractivity contribution in [1.29, 1.82) is 0 Å². The number of carbonyl (C=O) groups is 2. The number of imidazole rings is 1. The van der Waals surface area contributed by atoms with Crippen LogP contribution in [0.1, 0.15) is 27.0 Å². The summed E-state index contributed by atoms with van der Waals surface area (Å²) in [6.45, 7) is 0.147. The molecule has 4 N–H and O–H groups in total. The summed E-state index contributed by atoms with van der Waals surface area (Å²) >= 11 is 0. The minimum absolute atomic E-state index is 0.0674. The van der Waals surface area contributed by atoms with Gasteiger partial charge in [-0.2, -0.15) is 0 Å². The molecule has 33 heavy (non-hydrogen) atoms. The van der Waals surface area contributed by atoms with E-state index in [2.05, 4.69) is 15.3 Å². The fourth-order valence-electron chi connectivity index (χ4n) is 4.25. The number of carbonyl (C=O) groups excluding carboxylic acids is 1. The van der Waals surface area contributed by atoms with E-state index in [9.17, 15) is 14.7 Å². The van der Waals surface area contributed by atoms with Gasteiger partial charge in [0, 0.05) is 23.2 Å². The Hall–Kier alpha value is -4.37. The number of aromatic amines is 1. The quantitative estimate of drug-likeness (QED) is 0.373. The van der Waals surface area contributed by atoms with Gasteiger partial charge in [0.2, 0.25) is 5.95 Å². The summed E-state index contributed by atoms with van der Waals surface area (Å²) in [7, 11) is 1.57. The molecule has 0 spiro atoms. The van der Waals surface area contributed by atoms with Crippen molar-refractivity contribution in [3.05, 3.63) is 89.0 Å². The van der Waals surface area contributed by atoms with Crippen molar-refractivity contribution in [1.82, 2.24) is 14.9 Å². The van der Waals surface area contributed by atoms with Crippen molar-refractivity contribution < 1.29 is 24.5 Å². The van der Waals surface area contributed by atoms with E-state index in [4.69, 9.17) is 9.84 Å². The van der Waals surface area contributed by atoms with E-state index in [1.54, 1.807) is 49.6 Å². The number of rotatable bonds is 5. The maximum Gasteiger partial charge on any atom is 0.411 e. The van der Waals surface area contributed by atoms with Crippen molar-refractivity contribution >= 4 is 29.0 Å². The zero-order valence-corrected chi connectivity index (χ0v) is 17.6. The lowest BCUT2D eigenvalue weighted by atomic mass is 9.93. The summed E-state index contributed by atoms with van der Waals surface area (Å²) in [6.07, 6.45) is -1.24. The Labute approximate surface area is 188 Å². The fourth-order valence-corrected chi connectivity index (χ4v) is 4.25. The molecule has 0 fully saturated rings. The molecule has 0 radical (unpaired) electrons. The van der Waals surface area contributed by atoms with Gasteiger partial charge < -0.3 is 19.9 Å².